The van der Waals surface area contributed by atoms with E-state index in [4.69, 9.17) is 4.89 Å². The molecule has 25 heavy (non-hydrogen) atoms. The van der Waals surface area contributed by atoms with E-state index >= 15 is 0 Å². The number of rotatable bonds is 5. The van der Waals surface area contributed by atoms with E-state index in [2.05, 4.69) is 10.2 Å². The fraction of sp³-hybridized carbons (Fsp3) is 0.286. The molecule has 0 atom stereocenters. The van der Waals surface area contributed by atoms with Gasteiger partial charge in [-0.1, -0.05) is 59.7 Å². The van der Waals surface area contributed by atoms with Crippen molar-refractivity contribution >= 4 is 0 Å². The Morgan fingerprint density at radius 1 is 0.880 bits per heavy atom. The lowest BCUT2D eigenvalue weighted by molar-refractivity contribution is -0.315. The van der Waals surface area contributed by atoms with Crippen LogP contribution in [-0.4, -0.2) is 15.5 Å². The van der Waals surface area contributed by atoms with Crippen LogP contribution in [0.3, 0.4) is 0 Å². The minimum absolute atomic E-state index is 0.490. The molecule has 1 aromatic heterocycles. The zero-order valence-electron chi connectivity index (χ0n) is 15.1. The van der Waals surface area contributed by atoms with Crippen molar-refractivity contribution < 1.29 is 10.1 Å². The van der Waals surface area contributed by atoms with Crippen LogP contribution in [-0.2, 0) is 16.9 Å². The molecule has 4 nitrogen and oxygen atoms in total. The molecule has 2 aromatic carbocycles. The standard InChI is InChI=1S/C21H24N2O2/c1-14-5-9-18(10-6-14)21(25-24,19-11-7-15(2)8-12-19)13-20-16(3)22-23-17(20)4/h5-12,24H,13H2,1-4H3,(H,22,23). The highest BCUT2D eigenvalue weighted by atomic mass is 17.1. The van der Waals surface area contributed by atoms with Crippen LogP contribution < -0.4 is 0 Å². The highest BCUT2D eigenvalue weighted by Crippen LogP contribution is 2.38. The van der Waals surface area contributed by atoms with Crippen molar-refractivity contribution in [1.82, 2.24) is 10.2 Å². The van der Waals surface area contributed by atoms with Gasteiger partial charge in [0.05, 0.1) is 5.69 Å². The number of H-pyrrole nitrogens is 1. The van der Waals surface area contributed by atoms with Gasteiger partial charge >= 0.3 is 0 Å². The number of aryl methyl sites for hydroxylation is 4. The second-order valence-electron chi connectivity index (χ2n) is 6.74. The third kappa shape index (κ3) is 3.23. The lowest BCUT2D eigenvalue weighted by Crippen LogP contribution is -2.33. The predicted molar refractivity (Wildman–Crippen MR) is 98.6 cm³/mol. The van der Waals surface area contributed by atoms with Crippen LogP contribution in [0.25, 0.3) is 0 Å². The van der Waals surface area contributed by atoms with Gasteiger partial charge in [0.1, 0.15) is 0 Å². The molecule has 4 heteroatoms. The van der Waals surface area contributed by atoms with Crippen LogP contribution in [0.4, 0.5) is 0 Å². The monoisotopic (exact) mass is 336 g/mol. The van der Waals surface area contributed by atoms with Crippen LogP contribution in [0.5, 0.6) is 0 Å². The minimum Gasteiger partial charge on any atom is -0.282 e. The molecule has 0 saturated heterocycles. The summed E-state index contributed by atoms with van der Waals surface area (Å²) in [6.45, 7) is 8.04. The number of aromatic amines is 1. The molecule has 0 unspecified atom stereocenters. The fourth-order valence-electron chi connectivity index (χ4n) is 3.24. The number of hydrogen-bond donors (Lipinski definition) is 2. The first kappa shape index (κ1) is 17.4. The number of nitrogens with zero attached hydrogens (tertiary/aromatic N) is 1. The van der Waals surface area contributed by atoms with Crippen molar-refractivity contribution in [2.24, 2.45) is 0 Å². The Morgan fingerprint density at radius 2 is 1.36 bits per heavy atom. The Kier molecular flexibility index (Phi) is 4.75. The summed E-state index contributed by atoms with van der Waals surface area (Å²) in [4.78, 5) is 5.23. The van der Waals surface area contributed by atoms with Gasteiger partial charge in [-0.15, -0.1) is 0 Å². The van der Waals surface area contributed by atoms with E-state index in [-0.39, 0.29) is 0 Å². The molecular weight excluding hydrogens is 312 g/mol. The number of hydrogen-bond acceptors (Lipinski definition) is 3. The molecule has 3 aromatic rings. The molecule has 0 radical (unpaired) electrons. The van der Waals surface area contributed by atoms with E-state index in [0.717, 1.165) is 39.2 Å². The van der Waals surface area contributed by atoms with Crippen molar-refractivity contribution in [3.8, 4) is 0 Å². The van der Waals surface area contributed by atoms with Crippen molar-refractivity contribution in [1.29, 1.82) is 0 Å². The minimum atomic E-state index is -0.985. The highest BCUT2D eigenvalue weighted by Gasteiger charge is 2.38. The van der Waals surface area contributed by atoms with Gasteiger partial charge in [0.15, 0.2) is 5.60 Å². The first-order chi connectivity index (χ1) is 12.0. The summed E-state index contributed by atoms with van der Waals surface area (Å²) in [6.07, 6.45) is 0.490. The Labute approximate surface area is 148 Å². The topological polar surface area (TPSA) is 58.1 Å². The SMILES string of the molecule is Cc1ccc(C(Cc2c(C)n[nH]c2C)(OO)c2ccc(C)cc2)cc1. The summed E-state index contributed by atoms with van der Waals surface area (Å²) in [7, 11) is 0. The molecule has 0 aliphatic rings. The first-order valence-electron chi connectivity index (χ1n) is 8.43. The summed E-state index contributed by atoms with van der Waals surface area (Å²) in [5, 5.41) is 17.4. The first-order valence-corrected chi connectivity index (χ1v) is 8.43. The molecule has 130 valence electrons. The summed E-state index contributed by atoms with van der Waals surface area (Å²) in [5.41, 5.74) is 6.10. The third-order valence-electron chi connectivity index (χ3n) is 4.90. The van der Waals surface area contributed by atoms with E-state index < -0.39 is 5.60 Å². The number of benzene rings is 2. The Balaban J connectivity index is 2.18. The molecule has 2 N–H and O–H groups in total. The average Bonchev–Trinajstić information content (AvgIpc) is 2.93. The third-order valence-corrected chi connectivity index (χ3v) is 4.90. The summed E-state index contributed by atoms with van der Waals surface area (Å²) >= 11 is 0. The lowest BCUT2D eigenvalue weighted by atomic mass is 9.80. The average molecular weight is 336 g/mol. The second kappa shape index (κ2) is 6.82. The highest BCUT2D eigenvalue weighted by molar-refractivity contribution is 5.42. The van der Waals surface area contributed by atoms with E-state index in [1.807, 2.05) is 76.2 Å². The van der Waals surface area contributed by atoms with E-state index in [0.29, 0.717) is 6.42 Å². The zero-order valence-corrected chi connectivity index (χ0v) is 15.1. The van der Waals surface area contributed by atoms with Gasteiger partial charge in [0.2, 0.25) is 0 Å². The molecule has 0 saturated carbocycles. The molecule has 0 aliphatic heterocycles. The Morgan fingerprint density at radius 3 is 1.72 bits per heavy atom. The summed E-state index contributed by atoms with van der Waals surface area (Å²) in [6, 6.07) is 16.2. The van der Waals surface area contributed by atoms with Crippen molar-refractivity contribution in [3.05, 3.63) is 87.7 Å². The van der Waals surface area contributed by atoms with Crippen LogP contribution in [0.1, 0.15) is 39.2 Å². The van der Waals surface area contributed by atoms with Gasteiger partial charge in [0, 0.05) is 12.1 Å². The Hall–Kier alpha value is -2.43. The Bertz CT molecular complexity index is 784. The molecule has 0 amide bonds. The second-order valence-corrected chi connectivity index (χ2v) is 6.74. The van der Waals surface area contributed by atoms with Crippen molar-refractivity contribution in [2.75, 3.05) is 0 Å². The van der Waals surface area contributed by atoms with Crippen LogP contribution in [0.15, 0.2) is 48.5 Å². The van der Waals surface area contributed by atoms with Crippen molar-refractivity contribution in [3.63, 3.8) is 0 Å². The predicted octanol–water partition coefficient (Wildman–Crippen LogP) is 4.62. The largest absolute Gasteiger partial charge is 0.282 e. The molecule has 0 bridgehead atoms. The molecule has 3 rings (SSSR count). The smallest absolute Gasteiger partial charge is 0.157 e. The molecular formula is C21H24N2O2. The molecule has 0 aliphatic carbocycles. The maximum atomic E-state index is 10.1. The van der Waals surface area contributed by atoms with E-state index in [1.165, 1.54) is 0 Å². The van der Waals surface area contributed by atoms with Gasteiger partial charge in [-0.2, -0.15) is 5.10 Å². The zero-order chi connectivity index (χ0) is 18.0. The van der Waals surface area contributed by atoms with E-state index in [1.54, 1.807) is 0 Å². The maximum absolute atomic E-state index is 10.1. The van der Waals surface area contributed by atoms with Crippen LogP contribution in [0.2, 0.25) is 0 Å². The van der Waals surface area contributed by atoms with Crippen LogP contribution >= 0.6 is 0 Å². The normalized spacial score (nSPS) is 11.7. The fourth-order valence-corrected chi connectivity index (χ4v) is 3.24. The van der Waals surface area contributed by atoms with Gasteiger partial charge in [-0.05, 0) is 44.4 Å². The number of aromatic nitrogens is 2. The van der Waals surface area contributed by atoms with E-state index in [9.17, 15) is 5.26 Å². The summed E-state index contributed by atoms with van der Waals surface area (Å²) < 4.78 is 0. The molecule has 1 heterocycles. The number of nitrogens with one attached hydrogen (secondary N) is 1. The van der Waals surface area contributed by atoms with Gasteiger partial charge in [-0.3, -0.25) is 10.4 Å². The van der Waals surface area contributed by atoms with Gasteiger partial charge in [0.25, 0.3) is 0 Å². The maximum Gasteiger partial charge on any atom is 0.157 e. The van der Waals surface area contributed by atoms with Gasteiger partial charge in [-0.25, -0.2) is 4.89 Å². The molecule has 0 fully saturated rings. The molecule has 0 spiro atoms. The quantitative estimate of drug-likeness (QED) is 0.528. The lowest BCUT2D eigenvalue weighted by Gasteiger charge is -2.32. The van der Waals surface area contributed by atoms with Crippen LogP contribution in [0, 0.1) is 27.7 Å². The van der Waals surface area contributed by atoms with Gasteiger partial charge < -0.3 is 0 Å². The summed E-state index contributed by atoms with van der Waals surface area (Å²) in [5.74, 6) is 0. The van der Waals surface area contributed by atoms with Crippen molar-refractivity contribution in [2.45, 2.75) is 39.7 Å².